The molecule has 0 aliphatic heterocycles. The van der Waals surface area contributed by atoms with Crippen molar-refractivity contribution >= 4 is 24.6 Å². The lowest BCUT2D eigenvalue weighted by Gasteiger charge is -2.08. The van der Waals surface area contributed by atoms with Crippen molar-refractivity contribution < 1.29 is 4.79 Å². The number of aldehydes is 1. The normalized spacial score (nSPS) is 15.5. The van der Waals surface area contributed by atoms with Crippen LogP contribution in [0.5, 0.6) is 0 Å². The average molecular weight is 293 g/mol. The van der Waals surface area contributed by atoms with Crippen molar-refractivity contribution in [2.24, 2.45) is 4.99 Å². The molecule has 0 aromatic rings. The Hall–Kier alpha value is -1.87. The Kier molecular flexibility index (Phi) is 9.05. The van der Waals surface area contributed by atoms with Crippen LogP contribution in [0.15, 0.2) is 63.4 Å². The number of carbonyl (C=O) groups excluding carboxylic acids is 1. The monoisotopic (exact) mass is 292 g/mol. The lowest BCUT2D eigenvalue weighted by Crippen LogP contribution is -2.15. The molecular formula is C16H21ClN2O. The molecule has 0 aromatic heterocycles. The Balaban J connectivity index is 0.00000361. The van der Waals surface area contributed by atoms with Crippen molar-refractivity contribution in [1.29, 1.82) is 0 Å². The second-order valence-corrected chi connectivity index (χ2v) is 4.41. The number of nitrogens with zero attached hydrogens (tertiary/aromatic N) is 1. The third-order valence-corrected chi connectivity index (χ3v) is 2.89. The van der Waals surface area contributed by atoms with Crippen molar-refractivity contribution in [3.63, 3.8) is 0 Å². The van der Waals surface area contributed by atoms with E-state index in [4.69, 9.17) is 11.6 Å². The first-order valence-corrected chi connectivity index (χ1v) is 6.31. The van der Waals surface area contributed by atoms with Gasteiger partial charge in [0.1, 0.15) is 12.1 Å². The van der Waals surface area contributed by atoms with Gasteiger partial charge >= 0.3 is 0 Å². The van der Waals surface area contributed by atoms with E-state index < -0.39 is 0 Å². The van der Waals surface area contributed by atoms with Crippen LogP contribution in [0.4, 0.5) is 0 Å². The van der Waals surface area contributed by atoms with Gasteiger partial charge in [0.15, 0.2) is 0 Å². The molecule has 1 N–H and O–H groups in total. The quantitative estimate of drug-likeness (QED) is 0.349. The van der Waals surface area contributed by atoms with E-state index in [1.54, 1.807) is 19.1 Å². The van der Waals surface area contributed by atoms with Gasteiger partial charge in [-0.2, -0.15) is 0 Å². The van der Waals surface area contributed by atoms with E-state index in [0.29, 0.717) is 17.9 Å². The highest BCUT2D eigenvalue weighted by molar-refractivity contribution is 6.32. The Bertz CT molecular complexity index is 497. The number of aliphatic imine (C=N–C) groups is 1. The van der Waals surface area contributed by atoms with Crippen molar-refractivity contribution in [2.45, 2.75) is 20.8 Å². The minimum absolute atomic E-state index is 0. The van der Waals surface area contributed by atoms with E-state index >= 15 is 0 Å². The van der Waals surface area contributed by atoms with Crippen molar-refractivity contribution in [2.75, 3.05) is 6.54 Å². The molecule has 0 bridgehead atoms. The van der Waals surface area contributed by atoms with Gasteiger partial charge in [-0.1, -0.05) is 49.4 Å². The lowest BCUT2D eigenvalue weighted by atomic mass is 10.2. The number of hydrogen-bond acceptors (Lipinski definition) is 3. The summed E-state index contributed by atoms with van der Waals surface area (Å²) >= 11 is 6.15. The summed E-state index contributed by atoms with van der Waals surface area (Å²) < 4.78 is 0. The molecule has 0 unspecified atom stereocenters. The maximum Gasteiger partial charge on any atom is 0.145 e. The number of halogens is 1. The molecule has 3 nitrogen and oxygen atoms in total. The van der Waals surface area contributed by atoms with E-state index in [1.807, 2.05) is 24.3 Å². The van der Waals surface area contributed by atoms with Gasteiger partial charge in [0, 0.05) is 11.6 Å². The molecule has 0 spiro atoms. The van der Waals surface area contributed by atoms with Crippen LogP contribution in [0.1, 0.15) is 20.8 Å². The minimum Gasteiger partial charge on any atom is -0.366 e. The summed E-state index contributed by atoms with van der Waals surface area (Å²) in [5.41, 5.74) is 1.61. The maximum absolute atomic E-state index is 10.5. The SMILES string of the molecule is C.C=N/C(=C\C=C(/C)C=O)NCC1=CC=CCC=C1Cl. The van der Waals surface area contributed by atoms with Crippen LogP contribution in [-0.4, -0.2) is 19.5 Å². The fourth-order valence-corrected chi connectivity index (χ4v) is 1.61. The number of nitrogens with one attached hydrogen (secondary N) is 1. The zero-order valence-electron chi connectivity index (χ0n) is 10.9. The van der Waals surface area contributed by atoms with Gasteiger partial charge in [-0.3, -0.25) is 4.79 Å². The molecule has 0 radical (unpaired) electrons. The third kappa shape index (κ3) is 6.34. The highest BCUT2D eigenvalue weighted by Crippen LogP contribution is 2.18. The summed E-state index contributed by atoms with van der Waals surface area (Å²) in [6, 6.07) is 0. The molecule has 0 fully saturated rings. The Morgan fingerprint density at radius 1 is 1.55 bits per heavy atom. The molecule has 0 saturated carbocycles. The Labute approximate surface area is 126 Å². The summed E-state index contributed by atoms with van der Waals surface area (Å²) in [6.45, 7) is 5.77. The van der Waals surface area contributed by atoms with E-state index in [1.165, 1.54) is 0 Å². The second kappa shape index (κ2) is 9.98. The number of rotatable bonds is 6. The molecule has 0 aromatic carbocycles. The fraction of sp³-hybridized carbons (Fsp3) is 0.250. The molecule has 4 heteroatoms. The number of allylic oxidation sites excluding steroid dienone is 7. The van der Waals surface area contributed by atoms with Gasteiger partial charge in [0.2, 0.25) is 0 Å². The van der Waals surface area contributed by atoms with Gasteiger partial charge in [-0.25, -0.2) is 4.99 Å². The summed E-state index contributed by atoms with van der Waals surface area (Å²) in [4.78, 5) is 14.3. The van der Waals surface area contributed by atoms with E-state index in [0.717, 1.165) is 23.3 Å². The Morgan fingerprint density at radius 3 is 2.95 bits per heavy atom. The average Bonchev–Trinajstić information content (AvgIpc) is 2.63. The molecule has 1 rings (SSSR count). The van der Waals surface area contributed by atoms with Gasteiger partial charge in [0.05, 0.1) is 0 Å². The molecule has 1 aliphatic rings. The van der Waals surface area contributed by atoms with E-state index in [2.05, 4.69) is 17.0 Å². The molecule has 1 aliphatic carbocycles. The first kappa shape index (κ1) is 18.1. The lowest BCUT2D eigenvalue weighted by molar-refractivity contribution is -0.104. The second-order valence-electron chi connectivity index (χ2n) is 4.00. The predicted octanol–water partition coefficient (Wildman–Crippen LogP) is 3.91. The van der Waals surface area contributed by atoms with Gasteiger partial charge in [0.25, 0.3) is 0 Å². The van der Waals surface area contributed by atoms with E-state index in [9.17, 15) is 4.79 Å². The predicted molar refractivity (Wildman–Crippen MR) is 88.0 cm³/mol. The van der Waals surface area contributed by atoms with Crippen LogP contribution in [0.2, 0.25) is 0 Å². The summed E-state index contributed by atoms with van der Waals surface area (Å²) in [7, 11) is 0. The van der Waals surface area contributed by atoms with Crippen LogP contribution >= 0.6 is 11.6 Å². The summed E-state index contributed by atoms with van der Waals surface area (Å²) in [6.07, 6.45) is 13.0. The number of hydrogen-bond donors (Lipinski definition) is 1. The van der Waals surface area contributed by atoms with Crippen LogP contribution in [0.25, 0.3) is 0 Å². The molecule has 0 amide bonds. The van der Waals surface area contributed by atoms with Crippen molar-refractivity contribution in [3.8, 4) is 0 Å². The highest BCUT2D eigenvalue weighted by atomic mass is 35.5. The molecule has 20 heavy (non-hydrogen) atoms. The Morgan fingerprint density at radius 2 is 2.30 bits per heavy atom. The van der Waals surface area contributed by atoms with Crippen LogP contribution in [0.3, 0.4) is 0 Å². The van der Waals surface area contributed by atoms with Gasteiger partial charge < -0.3 is 5.32 Å². The standard InChI is InChI=1S/C15H17ClN2O.CH4/c1-12(11-19)8-9-15(17-2)18-10-13-6-4-3-5-7-14(13)16;/h3-4,6-9,11,18H,2,5,10H2,1H3;1H4/b12-8+,15-9+;. The zero-order chi connectivity index (χ0) is 14.1. The maximum atomic E-state index is 10.5. The molecular weight excluding hydrogens is 272 g/mol. The van der Waals surface area contributed by atoms with Crippen LogP contribution in [0, 0.1) is 0 Å². The first-order valence-electron chi connectivity index (χ1n) is 5.93. The smallest absolute Gasteiger partial charge is 0.145 e. The van der Waals surface area contributed by atoms with Crippen LogP contribution < -0.4 is 5.32 Å². The zero-order valence-corrected chi connectivity index (χ0v) is 11.7. The summed E-state index contributed by atoms with van der Waals surface area (Å²) in [5.74, 6) is 0.597. The molecule has 108 valence electrons. The highest BCUT2D eigenvalue weighted by Gasteiger charge is 2.03. The fourth-order valence-electron chi connectivity index (χ4n) is 1.39. The molecule has 0 atom stereocenters. The number of carbonyl (C=O) groups is 1. The van der Waals surface area contributed by atoms with Crippen LogP contribution in [-0.2, 0) is 4.79 Å². The van der Waals surface area contributed by atoms with Gasteiger partial charge in [-0.05, 0) is 37.3 Å². The third-order valence-electron chi connectivity index (χ3n) is 2.49. The largest absolute Gasteiger partial charge is 0.366 e. The minimum atomic E-state index is 0. The molecule has 0 saturated heterocycles. The van der Waals surface area contributed by atoms with Gasteiger partial charge in [-0.15, -0.1) is 0 Å². The van der Waals surface area contributed by atoms with Crippen molar-refractivity contribution in [1.82, 2.24) is 5.32 Å². The van der Waals surface area contributed by atoms with Crippen molar-refractivity contribution in [3.05, 3.63) is 58.5 Å². The molecule has 0 heterocycles. The topological polar surface area (TPSA) is 41.5 Å². The first-order chi connectivity index (χ1) is 9.17. The summed E-state index contributed by atoms with van der Waals surface area (Å²) in [5, 5.41) is 3.86. The van der Waals surface area contributed by atoms with E-state index in [-0.39, 0.29) is 7.43 Å².